The van der Waals surface area contributed by atoms with Gasteiger partial charge in [0.2, 0.25) is 0 Å². The summed E-state index contributed by atoms with van der Waals surface area (Å²) in [7, 11) is 3.11. The first-order valence-corrected chi connectivity index (χ1v) is 10.8. The molecule has 7 nitrogen and oxygen atoms in total. The quantitative estimate of drug-likeness (QED) is 0.458. The molecule has 168 valence electrons. The highest BCUT2D eigenvalue weighted by molar-refractivity contribution is 5.98. The molecule has 0 bridgehead atoms. The van der Waals surface area contributed by atoms with Crippen LogP contribution in [0.2, 0.25) is 0 Å². The minimum atomic E-state index is -0.111. The monoisotopic (exact) mass is 442 g/mol. The third-order valence-corrected chi connectivity index (χ3v) is 6.23. The number of hydrogen-bond acceptors (Lipinski definition) is 4. The van der Waals surface area contributed by atoms with Crippen molar-refractivity contribution in [3.05, 3.63) is 88.9 Å². The molecule has 0 saturated carbocycles. The fraction of sp³-hybridized carbons (Fsp3) is 0.231. The van der Waals surface area contributed by atoms with Crippen LogP contribution in [0.3, 0.4) is 0 Å². The van der Waals surface area contributed by atoms with E-state index in [9.17, 15) is 4.79 Å². The predicted molar refractivity (Wildman–Crippen MR) is 125 cm³/mol. The van der Waals surface area contributed by atoms with Gasteiger partial charge in [-0.3, -0.25) is 4.79 Å². The molecule has 3 heterocycles. The number of aromatic nitrogens is 3. The van der Waals surface area contributed by atoms with E-state index < -0.39 is 0 Å². The second-order valence-corrected chi connectivity index (χ2v) is 8.22. The van der Waals surface area contributed by atoms with Gasteiger partial charge >= 0.3 is 0 Å². The molecule has 4 aromatic rings. The Hall–Kier alpha value is -4.00. The van der Waals surface area contributed by atoms with Gasteiger partial charge in [0.15, 0.2) is 11.5 Å². The standard InChI is InChI=1S/C26H26N4O3/c1-17-10-11-19(14-18(17)2)30-25(28-12-5-6-13-28)21-15-29(16-22(21)27-30)26(31)20-8-7-9-23(32-3)24(20)33-4/h5-14H,15-16H2,1-4H3. The van der Waals surface area contributed by atoms with Crippen LogP contribution in [0.15, 0.2) is 60.9 Å². The molecule has 0 spiro atoms. The van der Waals surface area contributed by atoms with Gasteiger partial charge in [0.25, 0.3) is 5.91 Å². The maximum Gasteiger partial charge on any atom is 0.258 e. The fourth-order valence-corrected chi connectivity index (χ4v) is 4.35. The number of para-hydroxylation sites is 1. The summed E-state index contributed by atoms with van der Waals surface area (Å²) in [6.07, 6.45) is 4.01. The van der Waals surface area contributed by atoms with Gasteiger partial charge in [-0.25, -0.2) is 4.68 Å². The molecule has 0 radical (unpaired) electrons. The third-order valence-electron chi connectivity index (χ3n) is 6.23. The van der Waals surface area contributed by atoms with Crippen molar-refractivity contribution in [3.63, 3.8) is 0 Å². The number of ether oxygens (including phenoxy) is 2. The van der Waals surface area contributed by atoms with Gasteiger partial charge in [-0.15, -0.1) is 0 Å². The first kappa shape index (κ1) is 20.9. The highest BCUT2D eigenvalue weighted by atomic mass is 16.5. The van der Waals surface area contributed by atoms with Gasteiger partial charge in [0.05, 0.1) is 44.3 Å². The lowest BCUT2D eigenvalue weighted by Crippen LogP contribution is -2.27. The Morgan fingerprint density at radius 3 is 2.42 bits per heavy atom. The molecule has 2 aromatic heterocycles. The second-order valence-electron chi connectivity index (χ2n) is 8.22. The van der Waals surface area contributed by atoms with Crippen LogP contribution in [0.25, 0.3) is 11.5 Å². The highest BCUT2D eigenvalue weighted by Crippen LogP contribution is 2.35. The minimum Gasteiger partial charge on any atom is -0.493 e. The van der Waals surface area contributed by atoms with E-state index in [1.807, 2.05) is 29.2 Å². The number of amides is 1. The predicted octanol–water partition coefficient (Wildman–Crippen LogP) is 4.45. The van der Waals surface area contributed by atoms with Crippen molar-refractivity contribution >= 4 is 5.91 Å². The van der Waals surface area contributed by atoms with Crippen LogP contribution >= 0.6 is 0 Å². The molecule has 0 atom stereocenters. The number of hydrogen-bond donors (Lipinski definition) is 0. The smallest absolute Gasteiger partial charge is 0.258 e. The van der Waals surface area contributed by atoms with E-state index >= 15 is 0 Å². The van der Waals surface area contributed by atoms with Crippen molar-refractivity contribution < 1.29 is 14.3 Å². The van der Waals surface area contributed by atoms with Gasteiger partial charge in [-0.05, 0) is 61.4 Å². The summed E-state index contributed by atoms with van der Waals surface area (Å²) in [5.41, 5.74) is 5.87. The molecule has 1 amide bonds. The van der Waals surface area contributed by atoms with Gasteiger partial charge in [-0.1, -0.05) is 12.1 Å². The summed E-state index contributed by atoms with van der Waals surface area (Å²) in [6.45, 7) is 5.10. The molecule has 2 aromatic carbocycles. The zero-order valence-corrected chi connectivity index (χ0v) is 19.2. The van der Waals surface area contributed by atoms with Crippen LogP contribution in [-0.4, -0.2) is 39.4 Å². The van der Waals surface area contributed by atoms with Crippen LogP contribution in [0.4, 0.5) is 0 Å². The molecule has 0 fully saturated rings. The molecular formula is C26H26N4O3. The first-order valence-electron chi connectivity index (χ1n) is 10.8. The van der Waals surface area contributed by atoms with Crippen LogP contribution < -0.4 is 9.47 Å². The average Bonchev–Trinajstić information content (AvgIpc) is 3.56. The topological polar surface area (TPSA) is 61.5 Å². The highest BCUT2D eigenvalue weighted by Gasteiger charge is 2.33. The molecule has 0 aliphatic carbocycles. The maximum atomic E-state index is 13.4. The van der Waals surface area contributed by atoms with E-state index in [-0.39, 0.29) is 5.91 Å². The Morgan fingerprint density at radius 1 is 0.939 bits per heavy atom. The molecule has 7 heteroatoms. The van der Waals surface area contributed by atoms with Crippen LogP contribution in [0.1, 0.15) is 32.7 Å². The fourth-order valence-electron chi connectivity index (χ4n) is 4.35. The normalized spacial score (nSPS) is 12.7. The third kappa shape index (κ3) is 3.46. The Morgan fingerprint density at radius 2 is 1.73 bits per heavy atom. The summed E-state index contributed by atoms with van der Waals surface area (Å²) < 4.78 is 14.9. The molecule has 0 N–H and O–H groups in total. The first-order chi connectivity index (χ1) is 16.0. The summed E-state index contributed by atoms with van der Waals surface area (Å²) in [4.78, 5) is 15.2. The summed E-state index contributed by atoms with van der Waals surface area (Å²) in [5, 5.41) is 4.94. The van der Waals surface area contributed by atoms with Crippen molar-refractivity contribution in [1.82, 2.24) is 19.2 Å². The van der Waals surface area contributed by atoms with E-state index in [1.54, 1.807) is 37.3 Å². The Kier molecular flexibility index (Phi) is 5.17. The molecular weight excluding hydrogens is 416 g/mol. The number of rotatable bonds is 5. The zero-order valence-electron chi connectivity index (χ0n) is 19.2. The Balaban J connectivity index is 1.54. The maximum absolute atomic E-state index is 13.4. The molecule has 1 aliphatic rings. The van der Waals surface area contributed by atoms with E-state index in [2.05, 4.69) is 36.6 Å². The van der Waals surface area contributed by atoms with Gasteiger partial charge in [-0.2, -0.15) is 5.10 Å². The van der Waals surface area contributed by atoms with Crippen molar-refractivity contribution in [2.24, 2.45) is 0 Å². The molecule has 0 unspecified atom stereocenters. The van der Waals surface area contributed by atoms with E-state index in [4.69, 9.17) is 14.6 Å². The Labute approximate surface area is 192 Å². The number of fused-ring (bicyclic) bond motifs is 1. The van der Waals surface area contributed by atoms with Crippen LogP contribution in [0, 0.1) is 13.8 Å². The number of aryl methyl sites for hydroxylation is 2. The van der Waals surface area contributed by atoms with Crippen molar-refractivity contribution in [2.45, 2.75) is 26.9 Å². The summed E-state index contributed by atoms with van der Waals surface area (Å²) in [6, 6.07) is 15.7. The number of benzene rings is 2. The van der Waals surface area contributed by atoms with Crippen molar-refractivity contribution in [3.8, 4) is 23.0 Å². The Bertz CT molecular complexity index is 1340. The van der Waals surface area contributed by atoms with Gasteiger partial charge in [0.1, 0.15) is 5.82 Å². The lowest BCUT2D eigenvalue weighted by Gasteiger charge is -2.20. The molecule has 33 heavy (non-hydrogen) atoms. The lowest BCUT2D eigenvalue weighted by molar-refractivity contribution is 0.0745. The number of methoxy groups -OCH3 is 2. The van der Waals surface area contributed by atoms with Gasteiger partial charge in [0, 0.05) is 18.0 Å². The average molecular weight is 443 g/mol. The summed E-state index contributed by atoms with van der Waals surface area (Å²) in [5.74, 6) is 1.82. The van der Waals surface area contributed by atoms with Crippen molar-refractivity contribution in [1.29, 1.82) is 0 Å². The summed E-state index contributed by atoms with van der Waals surface area (Å²) >= 11 is 0. The molecule has 0 saturated heterocycles. The second kappa shape index (κ2) is 8.16. The SMILES string of the molecule is COc1cccc(C(=O)N2Cc3nn(-c4ccc(C)c(C)c4)c(-n4cccc4)c3C2)c1OC. The van der Waals surface area contributed by atoms with E-state index in [1.165, 1.54) is 11.1 Å². The molecule has 1 aliphatic heterocycles. The lowest BCUT2D eigenvalue weighted by atomic mass is 10.1. The number of carbonyl (C=O) groups excluding carboxylic acids is 1. The number of carbonyl (C=O) groups is 1. The van der Waals surface area contributed by atoms with E-state index in [0.717, 1.165) is 22.8 Å². The van der Waals surface area contributed by atoms with E-state index in [0.29, 0.717) is 30.2 Å². The number of nitrogens with zero attached hydrogens (tertiary/aromatic N) is 4. The molecule has 5 rings (SSSR count). The largest absolute Gasteiger partial charge is 0.493 e. The zero-order chi connectivity index (χ0) is 23.1. The minimum absolute atomic E-state index is 0.111. The van der Waals surface area contributed by atoms with Crippen LogP contribution in [-0.2, 0) is 13.1 Å². The van der Waals surface area contributed by atoms with Crippen LogP contribution in [0.5, 0.6) is 11.5 Å². The van der Waals surface area contributed by atoms with Gasteiger partial charge < -0.3 is 18.9 Å². The van der Waals surface area contributed by atoms with Crippen molar-refractivity contribution in [2.75, 3.05) is 14.2 Å².